The Balaban J connectivity index is 1.87. The van der Waals surface area contributed by atoms with E-state index in [4.69, 9.17) is 14.6 Å². The third kappa shape index (κ3) is 3.92. The van der Waals surface area contributed by atoms with Crippen molar-refractivity contribution in [3.8, 4) is 5.75 Å². The first-order valence-electron chi connectivity index (χ1n) is 6.49. The number of hydrogen-bond donors (Lipinski definition) is 1. The molecular formula is C13H19NO4S. The molecule has 1 aliphatic heterocycles. The van der Waals surface area contributed by atoms with Gasteiger partial charge in [-0.2, -0.15) is 0 Å². The van der Waals surface area contributed by atoms with Crippen molar-refractivity contribution in [2.24, 2.45) is 0 Å². The van der Waals surface area contributed by atoms with Crippen LogP contribution in [0, 0.1) is 0 Å². The van der Waals surface area contributed by atoms with E-state index in [1.54, 1.807) is 0 Å². The highest BCUT2D eigenvalue weighted by molar-refractivity contribution is 7.14. The van der Waals surface area contributed by atoms with Crippen molar-refractivity contribution in [3.63, 3.8) is 0 Å². The van der Waals surface area contributed by atoms with E-state index in [0.29, 0.717) is 17.2 Å². The summed E-state index contributed by atoms with van der Waals surface area (Å²) in [6.45, 7) is 6.68. The third-order valence-electron chi connectivity index (χ3n) is 3.06. The van der Waals surface area contributed by atoms with Crippen LogP contribution in [0.3, 0.4) is 0 Å². The van der Waals surface area contributed by atoms with Crippen LogP contribution in [-0.4, -0.2) is 55.4 Å². The van der Waals surface area contributed by atoms with Crippen molar-refractivity contribution >= 4 is 17.3 Å². The number of carboxylic acids is 1. The van der Waals surface area contributed by atoms with E-state index < -0.39 is 5.97 Å². The Morgan fingerprint density at radius 3 is 2.89 bits per heavy atom. The van der Waals surface area contributed by atoms with Crippen molar-refractivity contribution in [1.29, 1.82) is 0 Å². The molecule has 0 radical (unpaired) electrons. The zero-order chi connectivity index (χ0) is 13.7. The number of carbonyl (C=O) groups is 1. The second-order valence-corrected chi connectivity index (χ2v) is 5.50. The predicted octanol–water partition coefficient (Wildman–Crippen LogP) is 1.72. The van der Waals surface area contributed by atoms with Crippen molar-refractivity contribution in [1.82, 2.24) is 4.90 Å². The number of ether oxygens (including phenoxy) is 2. The number of morpholine rings is 1. The molecule has 0 unspecified atom stereocenters. The van der Waals surface area contributed by atoms with Crippen molar-refractivity contribution in [3.05, 3.63) is 15.8 Å². The maximum Gasteiger partial charge on any atom is 0.349 e. The van der Waals surface area contributed by atoms with Gasteiger partial charge < -0.3 is 14.6 Å². The number of rotatable bonds is 6. The monoisotopic (exact) mass is 285 g/mol. The Hall–Kier alpha value is -1.11. The van der Waals surface area contributed by atoms with Crippen LogP contribution in [-0.2, 0) is 11.2 Å². The second kappa shape index (κ2) is 6.88. The van der Waals surface area contributed by atoms with Crippen LogP contribution in [0.4, 0.5) is 0 Å². The van der Waals surface area contributed by atoms with Crippen LogP contribution in [0.1, 0.15) is 21.5 Å². The van der Waals surface area contributed by atoms with Crippen LogP contribution in [0.15, 0.2) is 6.07 Å². The van der Waals surface area contributed by atoms with E-state index in [0.717, 1.165) is 44.1 Å². The first kappa shape index (κ1) is 14.3. The lowest BCUT2D eigenvalue weighted by molar-refractivity contribution is 0.0322. The summed E-state index contributed by atoms with van der Waals surface area (Å²) in [6.07, 6.45) is 0.831. The Bertz CT molecular complexity index is 426. The van der Waals surface area contributed by atoms with Crippen molar-refractivity contribution < 1.29 is 19.4 Å². The Morgan fingerprint density at radius 2 is 2.26 bits per heavy atom. The molecule has 0 aromatic carbocycles. The van der Waals surface area contributed by atoms with Gasteiger partial charge in [-0.05, 0) is 12.5 Å². The van der Waals surface area contributed by atoms with Crippen molar-refractivity contribution in [2.45, 2.75) is 13.3 Å². The highest BCUT2D eigenvalue weighted by Crippen LogP contribution is 2.29. The Kier molecular flexibility index (Phi) is 5.18. The smallest absolute Gasteiger partial charge is 0.349 e. The Morgan fingerprint density at radius 1 is 1.53 bits per heavy atom. The molecule has 19 heavy (non-hydrogen) atoms. The van der Waals surface area contributed by atoms with Crippen molar-refractivity contribution in [2.75, 3.05) is 39.5 Å². The van der Waals surface area contributed by atoms with E-state index in [1.807, 2.05) is 13.0 Å². The number of aromatic carboxylic acids is 1. The van der Waals surface area contributed by atoms with Gasteiger partial charge >= 0.3 is 5.97 Å². The fraction of sp³-hybridized carbons (Fsp3) is 0.615. The molecule has 0 spiro atoms. The number of thiophene rings is 1. The van der Waals surface area contributed by atoms with Gasteiger partial charge in [-0.1, -0.05) is 6.92 Å². The molecule has 6 heteroatoms. The molecule has 1 aromatic rings. The first-order chi connectivity index (χ1) is 9.20. The number of carboxylic acid groups (broad SMARTS) is 1. The standard InChI is InChI=1S/C13H19NO4S/c1-2-10-9-11(12(19-10)13(15)16)18-8-5-14-3-6-17-7-4-14/h9H,2-8H2,1H3,(H,15,16). The summed E-state index contributed by atoms with van der Waals surface area (Å²) in [5, 5.41) is 9.13. The quantitative estimate of drug-likeness (QED) is 0.862. The summed E-state index contributed by atoms with van der Waals surface area (Å²) >= 11 is 1.30. The van der Waals surface area contributed by atoms with Gasteiger partial charge in [0.15, 0.2) is 4.88 Å². The van der Waals surface area contributed by atoms with Crippen LogP contribution < -0.4 is 4.74 Å². The molecule has 106 valence electrons. The fourth-order valence-corrected chi connectivity index (χ4v) is 2.84. The van der Waals surface area contributed by atoms with Crippen LogP contribution in [0.5, 0.6) is 5.75 Å². The van der Waals surface area contributed by atoms with E-state index in [-0.39, 0.29) is 0 Å². The van der Waals surface area contributed by atoms with Gasteiger partial charge in [-0.3, -0.25) is 4.90 Å². The predicted molar refractivity (Wildman–Crippen MR) is 73.4 cm³/mol. The van der Waals surface area contributed by atoms with Gasteiger partial charge in [0.05, 0.1) is 13.2 Å². The lowest BCUT2D eigenvalue weighted by Gasteiger charge is -2.26. The summed E-state index contributed by atoms with van der Waals surface area (Å²) in [6, 6.07) is 1.84. The van der Waals surface area contributed by atoms with Gasteiger partial charge in [-0.15, -0.1) is 11.3 Å². The molecular weight excluding hydrogens is 266 g/mol. The number of hydrogen-bond acceptors (Lipinski definition) is 5. The summed E-state index contributed by atoms with van der Waals surface area (Å²) in [5.74, 6) is -0.409. The highest BCUT2D eigenvalue weighted by Gasteiger charge is 2.17. The largest absolute Gasteiger partial charge is 0.490 e. The average Bonchev–Trinajstić information content (AvgIpc) is 2.83. The minimum atomic E-state index is -0.911. The maximum absolute atomic E-state index is 11.1. The molecule has 0 atom stereocenters. The fourth-order valence-electron chi connectivity index (χ4n) is 1.96. The Labute approximate surface area is 116 Å². The minimum Gasteiger partial charge on any atom is -0.490 e. The van der Waals surface area contributed by atoms with Gasteiger partial charge in [0, 0.05) is 24.5 Å². The molecule has 2 heterocycles. The van der Waals surface area contributed by atoms with Gasteiger partial charge in [0.2, 0.25) is 0 Å². The molecule has 0 aliphatic carbocycles. The molecule has 1 aromatic heterocycles. The molecule has 2 rings (SSSR count). The van der Waals surface area contributed by atoms with E-state index in [1.165, 1.54) is 11.3 Å². The molecule has 1 aliphatic rings. The van der Waals surface area contributed by atoms with Gasteiger partial charge in [0.25, 0.3) is 0 Å². The second-order valence-electron chi connectivity index (χ2n) is 4.37. The number of aryl methyl sites for hydroxylation is 1. The minimum absolute atomic E-state index is 0.304. The first-order valence-corrected chi connectivity index (χ1v) is 7.31. The van der Waals surface area contributed by atoms with Crippen LogP contribution in [0.2, 0.25) is 0 Å². The van der Waals surface area contributed by atoms with Gasteiger partial charge in [0.1, 0.15) is 12.4 Å². The lowest BCUT2D eigenvalue weighted by atomic mass is 10.3. The van der Waals surface area contributed by atoms with E-state index in [2.05, 4.69) is 4.90 Å². The molecule has 1 saturated heterocycles. The maximum atomic E-state index is 11.1. The van der Waals surface area contributed by atoms with Crippen LogP contribution >= 0.6 is 11.3 Å². The summed E-state index contributed by atoms with van der Waals surface area (Å²) in [4.78, 5) is 14.7. The topological polar surface area (TPSA) is 59.0 Å². The van der Waals surface area contributed by atoms with E-state index in [9.17, 15) is 4.79 Å². The lowest BCUT2D eigenvalue weighted by Crippen LogP contribution is -2.38. The summed E-state index contributed by atoms with van der Waals surface area (Å²) < 4.78 is 10.9. The summed E-state index contributed by atoms with van der Waals surface area (Å²) in [5.41, 5.74) is 0. The zero-order valence-electron chi connectivity index (χ0n) is 11.1. The normalized spacial score (nSPS) is 16.5. The van der Waals surface area contributed by atoms with Gasteiger partial charge in [-0.25, -0.2) is 4.79 Å². The number of nitrogens with zero attached hydrogens (tertiary/aromatic N) is 1. The zero-order valence-corrected chi connectivity index (χ0v) is 11.9. The molecule has 5 nitrogen and oxygen atoms in total. The molecule has 0 amide bonds. The SMILES string of the molecule is CCc1cc(OCCN2CCOCC2)c(C(=O)O)s1. The third-order valence-corrected chi connectivity index (χ3v) is 4.31. The highest BCUT2D eigenvalue weighted by atomic mass is 32.1. The van der Waals surface area contributed by atoms with E-state index >= 15 is 0 Å². The molecule has 1 fully saturated rings. The molecule has 0 saturated carbocycles. The summed E-state index contributed by atoms with van der Waals surface area (Å²) in [7, 11) is 0. The molecule has 1 N–H and O–H groups in total. The van der Waals surface area contributed by atoms with Crippen LogP contribution in [0.25, 0.3) is 0 Å². The molecule has 0 bridgehead atoms. The average molecular weight is 285 g/mol.